The van der Waals surface area contributed by atoms with Crippen LogP contribution in [0.2, 0.25) is 0 Å². The second-order valence-corrected chi connectivity index (χ2v) is 24.5. The molecule has 14 aromatic carbocycles. The highest BCUT2D eigenvalue weighted by Crippen LogP contribution is 2.48. The molecule has 0 amide bonds. The molecule has 6 heterocycles. The van der Waals surface area contributed by atoms with Crippen molar-refractivity contribution in [2.24, 2.45) is 0 Å². The minimum absolute atomic E-state index is 0.101. The highest BCUT2D eigenvalue weighted by molar-refractivity contribution is 6.17. The van der Waals surface area contributed by atoms with E-state index in [0.29, 0.717) is 11.4 Å². The van der Waals surface area contributed by atoms with Crippen LogP contribution in [0.3, 0.4) is 0 Å². The molecule has 0 radical (unpaired) electrons. The van der Waals surface area contributed by atoms with Crippen molar-refractivity contribution in [1.29, 1.82) is 0 Å². The van der Waals surface area contributed by atoms with Crippen molar-refractivity contribution in [3.8, 4) is 45.3 Å². The zero-order valence-corrected chi connectivity index (χ0v) is 50.2. The average molecular weight is 1210 g/mol. The van der Waals surface area contributed by atoms with Gasteiger partial charge in [0.25, 0.3) is 0 Å². The Hall–Kier alpha value is -12.8. The van der Waals surface area contributed by atoms with E-state index in [-0.39, 0.29) is 16.8 Å². The van der Waals surface area contributed by atoms with Crippen LogP contribution >= 0.6 is 0 Å². The second-order valence-electron chi connectivity index (χ2n) is 24.5. The van der Waals surface area contributed by atoms with E-state index in [1.165, 1.54) is 18.2 Å². The van der Waals surface area contributed by atoms with E-state index in [1.807, 2.05) is 12.1 Å². The second kappa shape index (κ2) is 19.6. The van der Waals surface area contributed by atoms with Crippen LogP contribution in [0.25, 0.3) is 181 Å². The molecule has 0 spiro atoms. The number of rotatable bonds is 7. The Labute approximate surface area is 535 Å². The largest absolute Gasteiger partial charge is 0.309 e. The van der Waals surface area contributed by atoms with Crippen molar-refractivity contribution in [2.45, 2.75) is 0 Å². The topological polar surface area (TPSA) is 33.9 Å². The lowest BCUT2D eigenvalue weighted by molar-refractivity contribution is 0.590. The molecule has 0 fully saturated rings. The lowest BCUT2D eigenvalue weighted by atomic mass is 10.00. The summed E-state index contributed by atoms with van der Waals surface area (Å²) in [6, 6.07) is 103. The van der Waals surface area contributed by atoms with E-state index in [1.54, 1.807) is 0 Å². The van der Waals surface area contributed by atoms with Gasteiger partial charge in [0.1, 0.15) is 11.6 Å². The first-order valence-electron chi connectivity index (χ1n) is 31.6. The molecule has 6 aromatic heterocycles. The highest BCUT2D eigenvalue weighted by atomic mass is 19.1. The van der Waals surface area contributed by atoms with Gasteiger partial charge < -0.3 is 27.4 Å². The van der Waals surface area contributed by atoms with Crippen LogP contribution in [0.4, 0.5) is 14.5 Å². The molecule has 0 N–H and O–H groups in total. The smallest absolute Gasteiger partial charge is 0.197 e. The molecule has 20 aromatic rings. The van der Waals surface area contributed by atoms with Gasteiger partial charge >= 0.3 is 0 Å². The van der Waals surface area contributed by atoms with Gasteiger partial charge in [-0.3, -0.25) is 0 Å². The summed E-state index contributed by atoms with van der Waals surface area (Å²) in [6.07, 6.45) is 0. The van der Waals surface area contributed by atoms with Crippen LogP contribution in [-0.2, 0) is 0 Å². The number of aromatic nitrogens is 6. The summed E-state index contributed by atoms with van der Waals surface area (Å²) in [5, 5.41) is 13.1. The summed E-state index contributed by atoms with van der Waals surface area (Å²) in [7, 11) is 0. The zero-order chi connectivity index (χ0) is 62.0. The number of hydrogen-bond acceptors (Lipinski definition) is 0. The van der Waals surface area contributed by atoms with Crippen LogP contribution < -0.4 is 0 Å². The number of halogens is 2. The van der Waals surface area contributed by atoms with E-state index >= 15 is 8.78 Å². The van der Waals surface area contributed by atoms with E-state index < -0.39 is 11.6 Å². The van der Waals surface area contributed by atoms with Gasteiger partial charge in [-0.1, -0.05) is 152 Å². The lowest BCUT2D eigenvalue weighted by Gasteiger charge is -2.20. The molecule has 0 saturated carbocycles. The molecule has 0 atom stereocenters. The molecule has 9 heteroatoms. The number of benzene rings is 14. The van der Waals surface area contributed by atoms with Gasteiger partial charge in [-0.25, -0.2) is 13.6 Å². The zero-order valence-electron chi connectivity index (χ0n) is 50.2. The Morgan fingerprint density at radius 2 is 0.457 bits per heavy atom. The maximum absolute atomic E-state index is 16.8. The summed E-state index contributed by atoms with van der Waals surface area (Å²) < 4.78 is 47.4. The third kappa shape index (κ3) is 7.22. The molecule has 20 rings (SSSR count). The summed E-state index contributed by atoms with van der Waals surface area (Å²) in [5.74, 6) is -1.52. The van der Waals surface area contributed by atoms with Crippen molar-refractivity contribution in [3.05, 3.63) is 320 Å². The third-order valence-corrected chi connectivity index (χ3v) is 19.7. The van der Waals surface area contributed by atoms with Crippen molar-refractivity contribution in [2.75, 3.05) is 0 Å². The fourth-order valence-corrected chi connectivity index (χ4v) is 15.8. The van der Waals surface area contributed by atoms with E-state index in [9.17, 15) is 0 Å². The minimum Gasteiger partial charge on any atom is -0.309 e. The van der Waals surface area contributed by atoms with Gasteiger partial charge in [0.05, 0.1) is 84.1 Å². The molecule has 94 heavy (non-hydrogen) atoms. The van der Waals surface area contributed by atoms with Crippen molar-refractivity contribution < 1.29 is 8.78 Å². The molecule has 0 unspecified atom stereocenters. The molecule has 0 bridgehead atoms. The van der Waals surface area contributed by atoms with Gasteiger partial charge in [0.2, 0.25) is 0 Å². The quantitative estimate of drug-likeness (QED) is 0.143. The molecular formula is C85H49F2N7. The molecule has 0 aliphatic carbocycles. The molecule has 0 saturated heterocycles. The Morgan fingerprint density at radius 3 is 0.713 bits per heavy atom. The SMILES string of the molecule is [C-]#[N+]c1cc(-n2c3ccc(-n4c5ccccc5c5ccccc54)cc3c3cc(-n4c5ccccc5c5ccccc54)ccc32)c(-n2c3ccc(-n4c5ccccc5c5ccccc54)cc3c3cc(-n4c5ccccc5c5ccccc54)ccc32)cc1-c1c(F)cccc1F. The van der Waals surface area contributed by atoms with Crippen LogP contribution in [0, 0.1) is 18.2 Å². The van der Waals surface area contributed by atoms with Gasteiger partial charge in [0.15, 0.2) is 5.69 Å². The number of para-hydroxylation sites is 8. The third-order valence-electron chi connectivity index (χ3n) is 19.7. The van der Waals surface area contributed by atoms with Crippen molar-refractivity contribution >= 4 is 137 Å². The Morgan fingerprint density at radius 1 is 0.223 bits per heavy atom. The fourth-order valence-electron chi connectivity index (χ4n) is 15.8. The number of hydrogen-bond donors (Lipinski definition) is 0. The fraction of sp³-hybridized carbons (Fsp3) is 0. The van der Waals surface area contributed by atoms with Crippen LogP contribution in [-0.4, -0.2) is 27.4 Å². The van der Waals surface area contributed by atoms with Gasteiger partial charge in [-0.15, -0.1) is 0 Å². The molecule has 0 aliphatic rings. The first-order valence-corrected chi connectivity index (χ1v) is 31.6. The highest BCUT2D eigenvalue weighted by Gasteiger charge is 2.27. The standard InChI is InChI=1S/C85H49F2N7/c1-88-70-50-84(94-81-43-39-53(91-75-33-14-6-23-59(75)60-24-7-15-34-76(60)91)47-65(81)66-48-54(40-44-82(66)94)92-77-35-16-8-25-61(77)62-26-9-17-36-78(62)92)83(49-67(70)85-68(86)27-18-28-69(85)87)93-79-41-37-51(89-71-29-10-2-19-55(71)56-20-3-11-30-72(56)89)45-63(79)64-46-52(38-42-80(64)93)90-73-31-12-4-21-57(73)58-22-5-13-32-74(58)90/h2-50H. The molecule has 7 nitrogen and oxygen atoms in total. The van der Waals surface area contributed by atoms with Gasteiger partial charge in [-0.2, -0.15) is 0 Å². The maximum atomic E-state index is 16.8. The van der Waals surface area contributed by atoms with E-state index in [2.05, 4.69) is 299 Å². The molecule has 438 valence electrons. The number of fused-ring (bicyclic) bond motifs is 18. The summed E-state index contributed by atoms with van der Waals surface area (Å²) in [4.78, 5) is 4.18. The van der Waals surface area contributed by atoms with Crippen LogP contribution in [0.15, 0.2) is 297 Å². The predicted octanol–water partition coefficient (Wildman–Crippen LogP) is 22.8. The van der Waals surface area contributed by atoms with Gasteiger partial charge in [-0.05, 0) is 151 Å². The lowest BCUT2D eigenvalue weighted by Crippen LogP contribution is -2.05. The van der Waals surface area contributed by atoms with Crippen molar-refractivity contribution in [1.82, 2.24) is 27.4 Å². The van der Waals surface area contributed by atoms with Crippen LogP contribution in [0.5, 0.6) is 0 Å². The summed E-state index contributed by atoms with van der Waals surface area (Å²) in [6.45, 7) is 8.98. The van der Waals surface area contributed by atoms with Crippen LogP contribution in [0.1, 0.15) is 0 Å². The monoisotopic (exact) mass is 1210 g/mol. The number of nitrogens with zero attached hydrogens (tertiary/aromatic N) is 7. The normalized spacial score (nSPS) is 12.1. The minimum atomic E-state index is -0.760. The Balaban J connectivity index is 0.921. The van der Waals surface area contributed by atoms with Crippen molar-refractivity contribution in [3.63, 3.8) is 0 Å². The molecular weight excluding hydrogens is 1160 g/mol. The summed E-state index contributed by atoms with van der Waals surface area (Å²) >= 11 is 0. The first kappa shape index (κ1) is 52.0. The Kier molecular flexibility index (Phi) is 10.9. The molecule has 0 aliphatic heterocycles. The Bertz CT molecular complexity index is 6160. The van der Waals surface area contributed by atoms with Gasteiger partial charge in [0, 0.05) is 92.9 Å². The van der Waals surface area contributed by atoms with E-state index in [0.717, 1.165) is 154 Å². The first-order chi connectivity index (χ1) is 46.5. The summed E-state index contributed by atoms with van der Waals surface area (Å²) in [5.41, 5.74) is 17.3. The van der Waals surface area contributed by atoms with E-state index in [4.69, 9.17) is 6.57 Å². The maximum Gasteiger partial charge on any atom is 0.197 e. The predicted molar refractivity (Wildman–Crippen MR) is 384 cm³/mol. The average Bonchev–Trinajstić information content (AvgIpc) is 1.54.